The number of hydrogen-bond donors (Lipinski definition) is 10. The molecule has 0 aliphatic carbocycles. The van der Waals surface area contributed by atoms with Crippen LogP contribution in [0.5, 0.6) is 0 Å². The van der Waals surface area contributed by atoms with Crippen molar-refractivity contribution >= 4 is 41.4 Å². The van der Waals surface area contributed by atoms with E-state index in [1.165, 1.54) is 6.08 Å². The van der Waals surface area contributed by atoms with Crippen LogP contribution in [0.3, 0.4) is 0 Å². The molecule has 0 spiro atoms. The third-order valence-corrected chi connectivity index (χ3v) is 6.33. The second-order valence-corrected chi connectivity index (χ2v) is 10.0. The van der Waals surface area contributed by atoms with Crippen molar-refractivity contribution in [1.29, 1.82) is 10.8 Å². The van der Waals surface area contributed by atoms with E-state index in [2.05, 4.69) is 27.8 Å². The number of carbonyl (C=O) groups is 5. The Morgan fingerprint density at radius 2 is 1.46 bits per heavy atom. The lowest BCUT2D eigenvalue weighted by Crippen LogP contribution is -2.51. The molecular weight excluding hydrogens is 639 g/mol. The summed E-state index contributed by atoms with van der Waals surface area (Å²) in [5.74, 6) is -7.06. The minimum Gasteiger partial charge on any atom is -0.475 e. The highest BCUT2D eigenvalue weighted by Gasteiger charge is 2.38. The highest BCUT2D eigenvalue weighted by molar-refractivity contribution is 6.02. The number of alkyl halides is 3. The molecule has 0 radical (unpaired) electrons. The number of halogens is 3. The van der Waals surface area contributed by atoms with Crippen LogP contribution in [0.2, 0.25) is 0 Å². The largest absolute Gasteiger partial charge is 0.490 e. The van der Waals surface area contributed by atoms with Gasteiger partial charge in [0.1, 0.15) is 23.8 Å². The quantitative estimate of drug-likeness (QED) is 0.0380. The van der Waals surface area contributed by atoms with Crippen LogP contribution in [0.4, 0.5) is 13.2 Å². The Hall–Kier alpha value is -5.94. The van der Waals surface area contributed by atoms with E-state index >= 15 is 0 Å². The van der Waals surface area contributed by atoms with Gasteiger partial charge < -0.3 is 43.6 Å². The zero-order valence-electron chi connectivity index (χ0n) is 25.6. The lowest BCUT2D eigenvalue weighted by Gasteiger charge is -2.24. The summed E-state index contributed by atoms with van der Waals surface area (Å²) >= 11 is 0. The summed E-state index contributed by atoms with van der Waals surface area (Å²) in [7, 11) is 0. The summed E-state index contributed by atoms with van der Waals surface area (Å²) in [5, 5.41) is 32.4. The molecular formula is C30H38F3N9O6. The van der Waals surface area contributed by atoms with Gasteiger partial charge in [0.25, 0.3) is 0 Å². The van der Waals surface area contributed by atoms with E-state index in [9.17, 15) is 32.3 Å². The van der Waals surface area contributed by atoms with Crippen LogP contribution in [0.15, 0.2) is 67.3 Å². The van der Waals surface area contributed by atoms with Crippen molar-refractivity contribution in [3.63, 3.8) is 0 Å². The Morgan fingerprint density at radius 3 is 1.94 bits per heavy atom. The maximum Gasteiger partial charge on any atom is 0.490 e. The van der Waals surface area contributed by atoms with Crippen molar-refractivity contribution in [2.45, 2.75) is 37.5 Å². The topological polar surface area (TPSA) is 279 Å². The average molecular weight is 678 g/mol. The van der Waals surface area contributed by atoms with Crippen LogP contribution >= 0.6 is 0 Å². The van der Waals surface area contributed by atoms with E-state index in [4.69, 9.17) is 37.9 Å². The zero-order valence-corrected chi connectivity index (χ0v) is 25.6. The summed E-state index contributed by atoms with van der Waals surface area (Å²) in [5.41, 5.74) is 17.8. The number of primary amides is 1. The SMILES string of the molecule is C=CCNC(=O)C(Cc1ccc(C(=N)N)cc1)C(=O)N[C@H](C(=O)N[C@@H](CCCNC(=N)N)C(N)=O)c1ccccc1.O=C(O)C(F)(F)F. The van der Waals surface area contributed by atoms with Gasteiger partial charge in [-0.2, -0.15) is 13.2 Å². The molecule has 0 saturated heterocycles. The number of hydrogen-bond acceptors (Lipinski definition) is 7. The Balaban J connectivity index is 0.00000148. The van der Waals surface area contributed by atoms with Crippen LogP contribution in [0.25, 0.3) is 0 Å². The minimum absolute atomic E-state index is 0.00316. The number of benzene rings is 2. The molecule has 0 bridgehead atoms. The normalized spacial score (nSPS) is 12.4. The van der Waals surface area contributed by atoms with E-state index in [1.807, 2.05) is 0 Å². The number of amidine groups is 1. The lowest BCUT2D eigenvalue weighted by molar-refractivity contribution is -0.192. The van der Waals surface area contributed by atoms with Gasteiger partial charge in [0.2, 0.25) is 23.6 Å². The van der Waals surface area contributed by atoms with Gasteiger partial charge in [0.15, 0.2) is 5.96 Å². The Labute approximate surface area is 273 Å². The molecule has 2 aromatic rings. The molecule has 3 atom stereocenters. The summed E-state index contributed by atoms with van der Waals surface area (Å²) in [4.78, 5) is 60.9. The fourth-order valence-electron chi connectivity index (χ4n) is 3.91. The van der Waals surface area contributed by atoms with Gasteiger partial charge >= 0.3 is 12.1 Å². The number of carbonyl (C=O) groups excluding carboxylic acids is 4. The molecule has 1 unspecified atom stereocenters. The molecule has 0 aliphatic rings. The van der Waals surface area contributed by atoms with Gasteiger partial charge in [-0.3, -0.25) is 30.0 Å². The fourth-order valence-corrected chi connectivity index (χ4v) is 3.91. The van der Waals surface area contributed by atoms with Crippen molar-refractivity contribution in [3.05, 3.63) is 83.9 Å². The second kappa shape index (κ2) is 19.5. The van der Waals surface area contributed by atoms with Crippen LogP contribution in [0, 0.1) is 16.7 Å². The number of guanidine groups is 1. The number of carboxylic acid groups (broad SMARTS) is 1. The van der Waals surface area contributed by atoms with E-state index in [0.717, 1.165) is 0 Å². The summed E-state index contributed by atoms with van der Waals surface area (Å²) in [6.45, 7) is 4.00. The number of nitrogens with two attached hydrogens (primary N) is 3. The van der Waals surface area contributed by atoms with Crippen molar-refractivity contribution in [2.24, 2.45) is 23.1 Å². The van der Waals surface area contributed by atoms with Gasteiger partial charge in [-0.25, -0.2) is 4.79 Å². The van der Waals surface area contributed by atoms with Gasteiger partial charge in [-0.05, 0) is 30.4 Å². The number of amides is 4. The highest BCUT2D eigenvalue weighted by atomic mass is 19.4. The number of rotatable bonds is 16. The van der Waals surface area contributed by atoms with E-state index in [0.29, 0.717) is 29.7 Å². The van der Waals surface area contributed by atoms with E-state index in [1.54, 1.807) is 54.6 Å². The smallest absolute Gasteiger partial charge is 0.475 e. The zero-order chi connectivity index (χ0) is 36.4. The first kappa shape index (κ1) is 40.1. The molecule has 4 amide bonds. The molecule has 260 valence electrons. The van der Waals surface area contributed by atoms with Gasteiger partial charge in [-0.1, -0.05) is 60.7 Å². The predicted octanol–water partition coefficient (Wildman–Crippen LogP) is 0.156. The lowest BCUT2D eigenvalue weighted by atomic mass is 9.95. The van der Waals surface area contributed by atoms with Crippen molar-refractivity contribution in [1.82, 2.24) is 21.3 Å². The average Bonchev–Trinajstić information content (AvgIpc) is 3.02. The van der Waals surface area contributed by atoms with Crippen LogP contribution in [0.1, 0.15) is 35.6 Å². The molecule has 13 N–H and O–H groups in total. The molecule has 0 fully saturated rings. The molecule has 0 saturated carbocycles. The van der Waals surface area contributed by atoms with Crippen molar-refractivity contribution in [2.75, 3.05) is 13.1 Å². The molecule has 15 nitrogen and oxygen atoms in total. The monoisotopic (exact) mass is 677 g/mol. The first-order chi connectivity index (χ1) is 22.5. The molecule has 2 rings (SSSR count). The molecule has 0 aromatic heterocycles. The van der Waals surface area contributed by atoms with Gasteiger partial charge in [-0.15, -0.1) is 6.58 Å². The van der Waals surface area contributed by atoms with E-state index < -0.39 is 53.8 Å². The summed E-state index contributed by atoms with van der Waals surface area (Å²) in [6.07, 6.45) is -3.06. The van der Waals surface area contributed by atoms with Crippen LogP contribution in [-0.4, -0.2) is 71.8 Å². The van der Waals surface area contributed by atoms with Crippen molar-refractivity contribution in [3.8, 4) is 0 Å². The first-order valence-corrected chi connectivity index (χ1v) is 14.1. The molecule has 48 heavy (non-hydrogen) atoms. The molecule has 0 heterocycles. The number of carboxylic acids is 1. The Bertz CT molecular complexity index is 1450. The number of nitrogens with one attached hydrogen (secondary N) is 6. The maximum atomic E-state index is 13.5. The van der Waals surface area contributed by atoms with Crippen LogP contribution in [-0.2, 0) is 30.4 Å². The summed E-state index contributed by atoms with van der Waals surface area (Å²) < 4.78 is 31.7. The van der Waals surface area contributed by atoms with Crippen LogP contribution < -0.4 is 38.5 Å². The Morgan fingerprint density at radius 1 is 0.875 bits per heavy atom. The molecule has 18 heteroatoms. The van der Waals surface area contributed by atoms with E-state index in [-0.39, 0.29) is 31.2 Å². The highest BCUT2D eigenvalue weighted by Crippen LogP contribution is 2.18. The van der Waals surface area contributed by atoms with Gasteiger partial charge in [0, 0.05) is 18.7 Å². The first-order valence-electron chi connectivity index (χ1n) is 14.1. The molecule has 2 aromatic carbocycles. The third kappa shape index (κ3) is 14.4. The number of aliphatic carboxylic acids is 1. The minimum atomic E-state index is -5.08. The standard InChI is InChI=1S/C28H37N9O4.C2HF3O2/c1-2-14-34-25(39)20(16-17-10-12-19(13-11-17)23(29)30)26(40)37-22(18-7-4-3-5-8-18)27(41)36-21(24(31)38)9-6-15-35-28(32)33;3-2(4,5)1(6)7/h2-5,7-8,10-13,20-22H,1,6,9,14-16H2,(H3,29,30)(H2,31,38)(H,34,39)(H,36,41)(H,37,40)(H4,32,33,35);(H,6,7)/t20?,21-,22-;/m0./s1. The second-order valence-electron chi connectivity index (χ2n) is 10.0. The predicted molar refractivity (Wildman–Crippen MR) is 169 cm³/mol. The molecule has 0 aliphatic heterocycles. The summed E-state index contributed by atoms with van der Waals surface area (Å²) in [6, 6.07) is 12.6. The maximum absolute atomic E-state index is 13.5. The fraction of sp³-hybridized carbons (Fsp3) is 0.300. The third-order valence-electron chi connectivity index (χ3n) is 6.33. The van der Waals surface area contributed by atoms with Crippen molar-refractivity contribution < 1.29 is 42.3 Å². The Kier molecular flexibility index (Phi) is 16.3. The number of nitrogen functional groups attached to an aromatic ring is 1. The van der Waals surface area contributed by atoms with Gasteiger partial charge in [0.05, 0.1) is 0 Å².